The Hall–Kier alpha value is -4.93. The Labute approximate surface area is 218 Å². The van der Waals surface area contributed by atoms with E-state index >= 15 is 0 Å². The van der Waals surface area contributed by atoms with E-state index in [2.05, 4.69) is 26.0 Å². The Bertz CT molecular complexity index is 1380. The predicted octanol–water partition coefficient (Wildman–Crippen LogP) is 3.04. The number of aryl methyl sites for hydroxylation is 1. The van der Waals surface area contributed by atoms with Crippen molar-refractivity contribution in [2.75, 3.05) is 18.4 Å². The molecule has 2 heterocycles. The normalized spacial score (nSPS) is 11.5. The number of fused-ring (bicyclic) bond motifs is 1. The summed E-state index contributed by atoms with van der Waals surface area (Å²) in [7, 11) is 0. The number of rotatable bonds is 12. The average Bonchev–Trinajstić information content (AvgIpc) is 3.32. The third-order valence-corrected chi connectivity index (χ3v) is 5.66. The van der Waals surface area contributed by atoms with Crippen molar-refractivity contribution in [2.24, 2.45) is 0 Å². The molecular weight excluding hydrogens is 488 g/mol. The van der Waals surface area contributed by atoms with E-state index in [1.165, 1.54) is 0 Å². The van der Waals surface area contributed by atoms with Gasteiger partial charge in [0, 0.05) is 31.2 Å². The summed E-state index contributed by atoms with van der Waals surface area (Å²) < 4.78 is 6.83. The van der Waals surface area contributed by atoms with Crippen molar-refractivity contribution in [1.29, 1.82) is 0 Å². The van der Waals surface area contributed by atoms with Gasteiger partial charge in [-0.25, -0.2) is 14.6 Å². The first-order valence-corrected chi connectivity index (χ1v) is 12.1. The van der Waals surface area contributed by atoms with E-state index in [9.17, 15) is 19.5 Å². The van der Waals surface area contributed by atoms with E-state index in [1.807, 2.05) is 36.4 Å². The Morgan fingerprint density at radius 3 is 2.50 bits per heavy atom. The maximum Gasteiger partial charge on any atom is 0.408 e. The van der Waals surface area contributed by atoms with Crippen LogP contribution in [0.1, 0.15) is 22.5 Å². The standard InChI is InChI=1S/C27H28N6O5/c34-25(30-17-21(26(35)36)31-27(37)38-18-19-9-2-1-3-10-19)24-20-11-4-5-12-22(20)33(32-24)16-8-15-29-23-13-6-7-14-28-23/h1-7,9-14,21H,8,15-18H2,(H,28,29)(H,30,34)(H,31,37)(H,35,36)/t21-/m0/s1. The lowest BCUT2D eigenvalue weighted by molar-refractivity contribution is -0.139. The van der Waals surface area contributed by atoms with Crippen LogP contribution >= 0.6 is 0 Å². The molecule has 0 radical (unpaired) electrons. The van der Waals surface area contributed by atoms with Gasteiger partial charge in [-0.3, -0.25) is 9.48 Å². The molecule has 0 bridgehead atoms. The molecule has 2 amide bonds. The molecule has 4 N–H and O–H groups in total. The van der Waals surface area contributed by atoms with Gasteiger partial charge < -0.3 is 25.8 Å². The smallest absolute Gasteiger partial charge is 0.408 e. The summed E-state index contributed by atoms with van der Waals surface area (Å²) in [5, 5.41) is 22.7. The Balaban J connectivity index is 1.33. The number of nitrogens with one attached hydrogen (secondary N) is 3. The van der Waals surface area contributed by atoms with Crippen molar-refractivity contribution in [3.8, 4) is 0 Å². The van der Waals surface area contributed by atoms with Crippen LogP contribution in [0.15, 0.2) is 79.0 Å². The second-order valence-electron chi connectivity index (χ2n) is 8.39. The molecule has 2 aromatic carbocycles. The van der Waals surface area contributed by atoms with Crippen molar-refractivity contribution >= 4 is 34.7 Å². The van der Waals surface area contributed by atoms with Gasteiger partial charge in [0.15, 0.2) is 5.69 Å². The lowest BCUT2D eigenvalue weighted by Gasteiger charge is -2.15. The molecule has 0 aliphatic rings. The minimum Gasteiger partial charge on any atom is -0.480 e. The van der Waals surface area contributed by atoms with Crippen LogP contribution in [0.4, 0.5) is 10.6 Å². The second kappa shape index (κ2) is 12.9. The Morgan fingerprint density at radius 1 is 0.974 bits per heavy atom. The maximum absolute atomic E-state index is 13.0. The molecule has 4 rings (SSSR count). The van der Waals surface area contributed by atoms with Crippen LogP contribution in [-0.4, -0.2) is 57.0 Å². The van der Waals surface area contributed by atoms with E-state index in [1.54, 1.807) is 47.3 Å². The highest BCUT2D eigenvalue weighted by molar-refractivity contribution is 6.05. The molecular formula is C27H28N6O5. The van der Waals surface area contributed by atoms with Gasteiger partial charge in [0.2, 0.25) is 0 Å². The number of aromatic nitrogens is 3. The lowest BCUT2D eigenvalue weighted by Crippen LogP contribution is -2.48. The molecule has 0 saturated heterocycles. The number of carboxylic acid groups (broad SMARTS) is 1. The number of pyridine rings is 1. The molecule has 0 fully saturated rings. The van der Waals surface area contributed by atoms with E-state index in [0.29, 0.717) is 18.5 Å². The average molecular weight is 517 g/mol. The van der Waals surface area contributed by atoms with E-state index in [0.717, 1.165) is 23.3 Å². The number of amides is 2. The number of carbonyl (C=O) groups excluding carboxylic acids is 2. The van der Waals surface area contributed by atoms with Gasteiger partial charge in [-0.1, -0.05) is 54.6 Å². The highest BCUT2D eigenvalue weighted by Gasteiger charge is 2.23. The van der Waals surface area contributed by atoms with Crippen molar-refractivity contribution in [2.45, 2.75) is 25.6 Å². The van der Waals surface area contributed by atoms with Gasteiger partial charge in [-0.2, -0.15) is 5.10 Å². The van der Waals surface area contributed by atoms with Gasteiger partial charge in [0.05, 0.1) is 5.52 Å². The fourth-order valence-corrected chi connectivity index (χ4v) is 3.76. The minimum absolute atomic E-state index is 0.00776. The van der Waals surface area contributed by atoms with E-state index < -0.39 is 24.0 Å². The first-order valence-electron chi connectivity index (χ1n) is 12.1. The van der Waals surface area contributed by atoms with Crippen LogP contribution < -0.4 is 16.0 Å². The number of hydrogen-bond acceptors (Lipinski definition) is 7. The summed E-state index contributed by atoms with van der Waals surface area (Å²) in [6.45, 7) is 0.870. The van der Waals surface area contributed by atoms with E-state index in [4.69, 9.17) is 4.74 Å². The fourth-order valence-electron chi connectivity index (χ4n) is 3.76. The van der Waals surface area contributed by atoms with Gasteiger partial charge in [0.25, 0.3) is 5.91 Å². The van der Waals surface area contributed by atoms with Gasteiger partial charge in [-0.05, 0) is 30.2 Å². The Morgan fingerprint density at radius 2 is 1.74 bits per heavy atom. The van der Waals surface area contributed by atoms with Gasteiger partial charge in [0.1, 0.15) is 18.5 Å². The summed E-state index contributed by atoms with van der Waals surface area (Å²) >= 11 is 0. The SMILES string of the molecule is O=C(N[C@@H](CNC(=O)c1nn(CCCNc2ccccn2)c2ccccc12)C(=O)O)OCc1ccccc1. The molecule has 0 saturated carbocycles. The molecule has 11 heteroatoms. The zero-order valence-electron chi connectivity index (χ0n) is 20.5. The Kier molecular flexibility index (Phi) is 8.85. The molecule has 38 heavy (non-hydrogen) atoms. The van der Waals surface area contributed by atoms with Crippen molar-refractivity contribution in [3.63, 3.8) is 0 Å². The summed E-state index contributed by atoms with van der Waals surface area (Å²) in [6, 6.07) is 20.6. The monoisotopic (exact) mass is 516 g/mol. The van der Waals surface area contributed by atoms with Crippen LogP contribution in [0, 0.1) is 0 Å². The second-order valence-corrected chi connectivity index (χ2v) is 8.39. The number of nitrogens with zero attached hydrogens (tertiary/aromatic N) is 3. The summed E-state index contributed by atoms with van der Waals surface area (Å²) in [4.78, 5) is 41.0. The third-order valence-electron chi connectivity index (χ3n) is 5.66. The van der Waals surface area contributed by atoms with Crippen molar-refractivity contribution in [1.82, 2.24) is 25.4 Å². The van der Waals surface area contributed by atoms with Crippen molar-refractivity contribution < 1.29 is 24.2 Å². The van der Waals surface area contributed by atoms with Gasteiger partial charge in [-0.15, -0.1) is 0 Å². The number of benzene rings is 2. The number of carboxylic acids is 1. The molecule has 0 aliphatic carbocycles. The quantitative estimate of drug-likeness (QED) is 0.210. The zero-order chi connectivity index (χ0) is 26.7. The maximum atomic E-state index is 13.0. The lowest BCUT2D eigenvalue weighted by atomic mass is 10.2. The van der Waals surface area contributed by atoms with Crippen LogP contribution in [0.2, 0.25) is 0 Å². The van der Waals surface area contributed by atoms with Crippen LogP contribution in [0.25, 0.3) is 10.9 Å². The van der Waals surface area contributed by atoms with Crippen LogP contribution in [-0.2, 0) is 22.7 Å². The van der Waals surface area contributed by atoms with Gasteiger partial charge >= 0.3 is 12.1 Å². The molecule has 0 unspecified atom stereocenters. The highest BCUT2D eigenvalue weighted by Crippen LogP contribution is 2.19. The number of ether oxygens (including phenoxy) is 1. The number of hydrogen-bond donors (Lipinski definition) is 4. The summed E-state index contributed by atoms with van der Waals surface area (Å²) in [5.74, 6) is -1.07. The molecule has 0 spiro atoms. The number of para-hydroxylation sites is 1. The highest BCUT2D eigenvalue weighted by atomic mass is 16.5. The molecule has 0 aliphatic heterocycles. The summed E-state index contributed by atoms with van der Waals surface area (Å²) in [6.07, 6.45) is 1.55. The molecule has 1 atom stereocenters. The number of carbonyl (C=O) groups is 3. The third kappa shape index (κ3) is 7.06. The molecule has 4 aromatic rings. The fraction of sp³-hybridized carbons (Fsp3) is 0.222. The number of aliphatic carboxylic acids is 1. The topological polar surface area (TPSA) is 147 Å². The van der Waals surface area contributed by atoms with Crippen LogP contribution in [0.5, 0.6) is 0 Å². The molecule has 11 nitrogen and oxygen atoms in total. The first kappa shape index (κ1) is 26.1. The summed E-state index contributed by atoms with van der Waals surface area (Å²) in [5.41, 5.74) is 1.72. The number of alkyl carbamates (subject to hydrolysis) is 1. The number of anilines is 1. The predicted molar refractivity (Wildman–Crippen MR) is 141 cm³/mol. The minimum atomic E-state index is -1.38. The molecule has 196 valence electrons. The molecule has 2 aromatic heterocycles. The van der Waals surface area contributed by atoms with Crippen LogP contribution in [0.3, 0.4) is 0 Å². The van der Waals surface area contributed by atoms with E-state index in [-0.39, 0.29) is 18.8 Å². The largest absolute Gasteiger partial charge is 0.480 e. The zero-order valence-corrected chi connectivity index (χ0v) is 20.5. The van der Waals surface area contributed by atoms with Crippen molar-refractivity contribution in [3.05, 3.63) is 90.3 Å². The first-order chi connectivity index (χ1) is 18.5.